The highest BCUT2D eigenvalue weighted by Crippen LogP contribution is 2.35. The molecular formula is C24H28ClNO4. The molecule has 0 amide bonds. The molecule has 0 atom stereocenters. The van der Waals surface area contributed by atoms with Gasteiger partial charge in [-0.2, -0.15) is 0 Å². The number of allylic oxidation sites excluding steroid dienone is 1. The maximum atomic E-state index is 12.6. The first kappa shape index (κ1) is 22.2. The van der Waals surface area contributed by atoms with Crippen LogP contribution in [0.1, 0.15) is 41.6 Å². The van der Waals surface area contributed by atoms with Gasteiger partial charge in [0.05, 0.1) is 19.3 Å². The van der Waals surface area contributed by atoms with Crippen LogP contribution in [0.15, 0.2) is 48.2 Å². The van der Waals surface area contributed by atoms with Gasteiger partial charge in [0.15, 0.2) is 5.76 Å². The van der Waals surface area contributed by atoms with Crippen LogP contribution in [-0.2, 0) is 0 Å². The predicted octanol–water partition coefficient (Wildman–Crippen LogP) is 4.99. The zero-order valence-corrected chi connectivity index (χ0v) is 18.1. The minimum atomic E-state index is -0.112. The quantitative estimate of drug-likeness (QED) is 0.458. The molecule has 5 nitrogen and oxygen atoms in total. The summed E-state index contributed by atoms with van der Waals surface area (Å²) in [5.41, 5.74) is 1.43. The number of hydrogen-bond acceptors (Lipinski definition) is 5. The van der Waals surface area contributed by atoms with Crippen LogP contribution in [0.5, 0.6) is 17.2 Å². The van der Waals surface area contributed by atoms with Crippen molar-refractivity contribution in [3.63, 3.8) is 0 Å². The molecule has 2 aliphatic rings. The van der Waals surface area contributed by atoms with Crippen LogP contribution in [0.3, 0.4) is 0 Å². The molecule has 30 heavy (non-hydrogen) atoms. The SMILES string of the molecule is COc1cccc(/C=C2\Oc3cc(OCCCN4CCCCC4)ccc3C2=O)c1.Cl. The highest BCUT2D eigenvalue weighted by atomic mass is 35.5. The molecular weight excluding hydrogens is 402 g/mol. The van der Waals surface area contributed by atoms with E-state index in [2.05, 4.69) is 4.90 Å². The van der Waals surface area contributed by atoms with Gasteiger partial charge in [0, 0.05) is 12.6 Å². The van der Waals surface area contributed by atoms with E-state index in [0.29, 0.717) is 23.7 Å². The minimum Gasteiger partial charge on any atom is -0.497 e. The third kappa shape index (κ3) is 5.35. The molecule has 2 heterocycles. The Morgan fingerprint density at radius 2 is 1.90 bits per heavy atom. The molecule has 0 spiro atoms. The van der Waals surface area contributed by atoms with E-state index in [1.165, 1.54) is 32.4 Å². The number of likely N-dealkylation sites (tertiary alicyclic amines) is 1. The number of halogens is 1. The van der Waals surface area contributed by atoms with Gasteiger partial charge in [-0.1, -0.05) is 18.6 Å². The predicted molar refractivity (Wildman–Crippen MR) is 120 cm³/mol. The fourth-order valence-electron chi connectivity index (χ4n) is 3.80. The average molecular weight is 430 g/mol. The molecule has 0 radical (unpaired) electrons. The molecule has 160 valence electrons. The van der Waals surface area contributed by atoms with Crippen molar-refractivity contribution in [3.05, 3.63) is 59.4 Å². The minimum absolute atomic E-state index is 0. The highest BCUT2D eigenvalue weighted by Gasteiger charge is 2.27. The largest absolute Gasteiger partial charge is 0.497 e. The maximum absolute atomic E-state index is 12.6. The van der Waals surface area contributed by atoms with Crippen molar-refractivity contribution in [3.8, 4) is 17.2 Å². The number of fused-ring (bicyclic) bond motifs is 1. The lowest BCUT2D eigenvalue weighted by atomic mass is 10.1. The smallest absolute Gasteiger partial charge is 0.231 e. The third-order valence-electron chi connectivity index (χ3n) is 5.37. The Kier molecular flexibility index (Phi) is 7.77. The first-order valence-corrected chi connectivity index (χ1v) is 10.3. The topological polar surface area (TPSA) is 48.0 Å². The van der Waals surface area contributed by atoms with Crippen LogP contribution >= 0.6 is 12.4 Å². The second kappa shape index (κ2) is 10.5. The number of rotatable bonds is 7. The van der Waals surface area contributed by atoms with E-state index in [1.54, 1.807) is 25.3 Å². The van der Waals surface area contributed by atoms with Crippen molar-refractivity contribution < 1.29 is 19.0 Å². The molecule has 0 aromatic heterocycles. The van der Waals surface area contributed by atoms with Crippen molar-refractivity contribution in [1.82, 2.24) is 4.90 Å². The second-order valence-corrected chi connectivity index (χ2v) is 7.48. The fourth-order valence-corrected chi connectivity index (χ4v) is 3.80. The maximum Gasteiger partial charge on any atom is 0.231 e. The summed E-state index contributed by atoms with van der Waals surface area (Å²) in [4.78, 5) is 15.1. The molecule has 4 rings (SSSR count). The van der Waals surface area contributed by atoms with E-state index in [-0.39, 0.29) is 18.2 Å². The van der Waals surface area contributed by atoms with Crippen LogP contribution in [0.25, 0.3) is 6.08 Å². The van der Waals surface area contributed by atoms with Gasteiger partial charge >= 0.3 is 0 Å². The highest BCUT2D eigenvalue weighted by molar-refractivity contribution is 6.14. The van der Waals surface area contributed by atoms with E-state index in [4.69, 9.17) is 14.2 Å². The van der Waals surface area contributed by atoms with Gasteiger partial charge < -0.3 is 19.1 Å². The van der Waals surface area contributed by atoms with Gasteiger partial charge in [-0.3, -0.25) is 4.79 Å². The third-order valence-corrected chi connectivity index (χ3v) is 5.37. The van der Waals surface area contributed by atoms with Crippen molar-refractivity contribution in [1.29, 1.82) is 0 Å². The summed E-state index contributed by atoms with van der Waals surface area (Å²) in [7, 11) is 1.62. The molecule has 2 aromatic rings. The lowest BCUT2D eigenvalue weighted by Crippen LogP contribution is -2.31. The first-order valence-electron chi connectivity index (χ1n) is 10.3. The number of benzene rings is 2. The Morgan fingerprint density at radius 1 is 1.07 bits per heavy atom. The Balaban J connectivity index is 0.00000256. The zero-order chi connectivity index (χ0) is 20.1. The van der Waals surface area contributed by atoms with Crippen LogP contribution in [0.2, 0.25) is 0 Å². The fraction of sp³-hybridized carbons (Fsp3) is 0.375. The molecule has 2 aliphatic heterocycles. The van der Waals surface area contributed by atoms with Gasteiger partial charge in [-0.05, 0) is 68.3 Å². The number of Topliss-reactive ketones (excluding diaryl/α,β-unsaturated/α-hetero) is 1. The number of carbonyl (C=O) groups excluding carboxylic acids is 1. The van der Waals surface area contributed by atoms with Crippen LogP contribution in [0, 0.1) is 0 Å². The van der Waals surface area contributed by atoms with Crippen molar-refractivity contribution in [2.24, 2.45) is 0 Å². The number of hydrogen-bond donors (Lipinski definition) is 0. The standard InChI is InChI=1S/C24H27NO4.ClH/c1-27-19-8-5-7-18(15-19)16-23-24(26)21-10-9-20(17-22(21)29-23)28-14-6-13-25-11-3-2-4-12-25;/h5,7-10,15-17H,2-4,6,11-14H2,1H3;1H/b23-16-;. The van der Waals surface area contributed by atoms with Crippen molar-refractivity contribution in [2.75, 3.05) is 33.4 Å². The summed E-state index contributed by atoms with van der Waals surface area (Å²) in [5.74, 6) is 2.23. The molecule has 0 N–H and O–H groups in total. The molecule has 0 unspecified atom stereocenters. The zero-order valence-electron chi connectivity index (χ0n) is 17.3. The van der Waals surface area contributed by atoms with E-state index in [9.17, 15) is 4.79 Å². The van der Waals surface area contributed by atoms with Gasteiger partial charge in [0.2, 0.25) is 5.78 Å². The van der Waals surface area contributed by atoms with E-state index < -0.39 is 0 Å². The molecule has 1 saturated heterocycles. The molecule has 0 aliphatic carbocycles. The van der Waals surface area contributed by atoms with Crippen molar-refractivity contribution in [2.45, 2.75) is 25.7 Å². The summed E-state index contributed by atoms with van der Waals surface area (Å²) < 4.78 is 16.9. The second-order valence-electron chi connectivity index (χ2n) is 7.48. The lowest BCUT2D eigenvalue weighted by molar-refractivity contribution is 0.101. The van der Waals surface area contributed by atoms with Gasteiger partial charge in [0.25, 0.3) is 0 Å². The summed E-state index contributed by atoms with van der Waals surface area (Å²) in [6, 6.07) is 13.0. The summed E-state index contributed by atoms with van der Waals surface area (Å²) >= 11 is 0. The number of carbonyl (C=O) groups is 1. The summed E-state index contributed by atoms with van der Waals surface area (Å²) in [6.07, 6.45) is 6.71. The normalized spacial score (nSPS) is 17.2. The van der Waals surface area contributed by atoms with Crippen LogP contribution in [0.4, 0.5) is 0 Å². The average Bonchev–Trinajstić information content (AvgIpc) is 3.07. The van der Waals surface area contributed by atoms with Gasteiger partial charge in [-0.15, -0.1) is 12.4 Å². The Hall–Kier alpha value is -2.50. The first-order chi connectivity index (χ1) is 14.2. The Morgan fingerprint density at radius 3 is 2.70 bits per heavy atom. The summed E-state index contributed by atoms with van der Waals surface area (Å²) in [6.45, 7) is 4.15. The molecule has 1 fully saturated rings. The van der Waals surface area contributed by atoms with E-state index >= 15 is 0 Å². The van der Waals surface area contributed by atoms with Crippen LogP contribution in [-0.4, -0.2) is 44.0 Å². The Bertz CT molecular complexity index is 906. The van der Waals surface area contributed by atoms with E-state index in [1.807, 2.05) is 30.3 Å². The number of ketones is 1. The number of ether oxygens (including phenoxy) is 3. The molecule has 0 bridgehead atoms. The van der Waals surface area contributed by atoms with E-state index in [0.717, 1.165) is 30.0 Å². The number of piperidine rings is 1. The molecule has 2 aromatic carbocycles. The van der Waals surface area contributed by atoms with Gasteiger partial charge in [-0.25, -0.2) is 0 Å². The van der Waals surface area contributed by atoms with Gasteiger partial charge in [0.1, 0.15) is 17.2 Å². The monoisotopic (exact) mass is 429 g/mol. The summed E-state index contributed by atoms with van der Waals surface area (Å²) in [5, 5.41) is 0. The van der Waals surface area contributed by atoms with Crippen molar-refractivity contribution >= 4 is 24.3 Å². The Labute approximate surface area is 184 Å². The molecule has 0 saturated carbocycles. The number of nitrogens with zero attached hydrogens (tertiary/aromatic N) is 1. The van der Waals surface area contributed by atoms with Crippen LogP contribution < -0.4 is 14.2 Å². The number of methoxy groups -OCH3 is 1. The molecule has 6 heteroatoms. The lowest BCUT2D eigenvalue weighted by Gasteiger charge is -2.26.